The lowest BCUT2D eigenvalue weighted by Gasteiger charge is -2.35. The summed E-state index contributed by atoms with van der Waals surface area (Å²) in [6, 6.07) is 2.14. The number of anilines is 2. The summed E-state index contributed by atoms with van der Waals surface area (Å²) in [6.07, 6.45) is 9.55. The van der Waals surface area contributed by atoms with Gasteiger partial charge in [0.05, 0.1) is 5.69 Å². The number of rotatable bonds is 4. The highest BCUT2D eigenvalue weighted by molar-refractivity contribution is 5.50. The van der Waals surface area contributed by atoms with Gasteiger partial charge in [-0.05, 0) is 12.8 Å². The normalized spacial score (nSPS) is 19.0. The molecule has 4 rings (SSSR count). The Balaban J connectivity index is 1.36. The van der Waals surface area contributed by atoms with Crippen molar-refractivity contribution < 1.29 is 0 Å². The zero-order chi connectivity index (χ0) is 16.2. The van der Waals surface area contributed by atoms with Crippen LogP contribution in [0, 0.1) is 0 Å². The molecule has 2 aliphatic heterocycles. The molecule has 2 aromatic rings. The van der Waals surface area contributed by atoms with Gasteiger partial charge < -0.3 is 9.80 Å². The first-order chi connectivity index (χ1) is 11.9. The van der Waals surface area contributed by atoms with Crippen LogP contribution in [0.15, 0.2) is 31.0 Å². The molecule has 0 aliphatic carbocycles. The Morgan fingerprint density at radius 1 is 0.792 bits per heavy atom. The molecule has 0 amide bonds. The molecule has 7 heteroatoms. The summed E-state index contributed by atoms with van der Waals surface area (Å²) in [6.45, 7) is 7.09. The number of nitrogens with zero attached hydrogens (tertiary/aromatic N) is 7. The lowest BCUT2D eigenvalue weighted by atomic mass is 10.3. The Hall–Kier alpha value is -2.28. The van der Waals surface area contributed by atoms with Gasteiger partial charge in [0.15, 0.2) is 0 Å². The van der Waals surface area contributed by atoms with E-state index >= 15 is 0 Å². The quantitative estimate of drug-likeness (QED) is 0.837. The SMILES string of the molecule is c1cnc(CN2CCN(c3cc(N4CCCC4)ncn3)CC2)cn1. The van der Waals surface area contributed by atoms with Gasteiger partial charge in [-0.2, -0.15) is 0 Å². The predicted octanol–water partition coefficient (Wildman–Crippen LogP) is 1.19. The van der Waals surface area contributed by atoms with Gasteiger partial charge in [-0.25, -0.2) is 9.97 Å². The third-order valence-corrected chi connectivity index (χ3v) is 4.77. The van der Waals surface area contributed by atoms with Crippen molar-refractivity contribution in [3.63, 3.8) is 0 Å². The van der Waals surface area contributed by atoms with Crippen LogP contribution < -0.4 is 9.80 Å². The molecule has 2 fully saturated rings. The fraction of sp³-hybridized carbons (Fsp3) is 0.529. The smallest absolute Gasteiger partial charge is 0.134 e. The summed E-state index contributed by atoms with van der Waals surface area (Å²) in [5.41, 5.74) is 1.03. The van der Waals surface area contributed by atoms with Crippen molar-refractivity contribution in [3.8, 4) is 0 Å². The Morgan fingerprint density at radius 3 is 2.17 bits per heavy atom. The lowest BCUT2D eigenvalue weighted by molar-refractivity contribution is 0.246. The van der Waals surface area contributed by atoms with Crippen molar-refractivity contribution >= 4 is 11.6 Å². The zero-order valence-electron chi connectivity index (χ0n) is 13.9. The van der Waals surface area contributed by atoms with E-state index in [0.717, 1.165) is 63.1 Å². The number of hydrogen-bond donors (Lipinski definition) is 0. The van der Waals surface area contributed by atoms with Gasteiger partial charge in [-0.1, -0.05) is 0 Å². The Morgan fingerprint density at radius 2 is 1.50 bits per heavy atom. The van der Waals surface area contributed by atoms with Gasteiger partial charge in [0.1, 0.15) is 18.0 Å². The minimum atomic E-state index is 0.866. The average molecular weight is 325 g/mol. The maximum absolute atomic E-state index is 4.49. The number of piperazine rings is 1. The molecule has 0 bridgehead atoms. The van der Waals surface area contributed by atoms with E-state index in [9.17, 15) is 0 Å². The molecular weight excluding hydrogens is 302 g/mol. The van der Waals surface area contributed by atoms with Crippen LogP contribution in [0.3, 0.4) is 0 Å². The molecule has 0 unspecified atom stereocenters. The second-order valence-electron chi connectivity index (χ2n) is 6.39. The van der Waals surface area contributed by atoms with E-state index in [-0.39, 0.29) is 0 Å². The second kappa shape index (κ2) is 7.09. The van der Waals surface area contributed by atoms with Crippen LogP contribution in [-0.4, -0.2) is 64.1 Å². The highest BCUT2D eigenvalue weighted by Gasteiger charge is 2.20. The number of aromatic nitrogens is 4. The van der Waals surface area contributed by atoms with Crippen LogP contribution in [-0.2, 0) is 6.54 Å². The van der Waals surface area contributed by atoms with Crippen molar-refractivity contribution in [1.82, 2.24) is 24.8 Å². The molecule has 2 aliphatic rings. The fourth-order valence-corrected chi connectivity index (χ4v) is 3.41. The van der Waals surface area contributed by atoms with Crippen molar-refractivity contribution in [1.29, 1.82) is 0 Å². The summed E-state index contributed by atoms with van der Waals surface area (Å²) >= 11 is 0. The van der Waals surface area contributed by atoms with Gasteiger partial charge in [0.2, 0.25) is 0 Å². The van der Waals surface area contributed by atoms with Crippen LogP contribution in [0.2, 0.25) is 0 Å². The molecule has 2 saturated heterocycles. The van der Waals surface area contributed by atoms with Crippen LogP contribution in [0.4, 0.5) is 11.6 Å². The molecule has 0 N–H and O–H groups in total. The molecule has 24 heavy (non-hydrogen) atoms. The Kier molecular flexibility index (Phi) is 4.51. The standard InChI is InChI=1S/C17H23N7/c1-2-6-23(5-1)16-11-17(21-14-20-16)24-9-7-22(8-10-24)13-15-12-18-3-4-19-15/h3-4,11-12,14H,1-2,5-10,13H2. The molecule has 0 aromatic carbocycles. The third kappa shape index (κ3) is 3.46. The van der Waals surface area contributed by atoms with E-state index < -0.39 is 0 Å². The summed E-state index contributed by atoms with van der Waals surface area (Å²) in [7, 11) is 0. The monoisotopic (exact) mass is 325 g/mol. The maximum Gasteiger partial charge on any atom is 0.134 e. The summed E-state index contributed by atoms with van der Waals surface area (Å²) in [5.74, 6) is 2.12. The molecule has 4 heterocycles. The second-order valence-corrected chi connectivity index (χ2v) is 6.39. The number of hydrogen-bond acceptors (Lipinski definition) is 7. The first-order valence-corrected chi connectivity index (χ1v) is 8.68. The van der Waals surface area contributed by atoms with Crippen molar-refractivity contribution in [3.05, 3.63) is 36.7 Å². The van der Waals surface area contributed by atoms with Crippen molar-refractivity contribution in [2.45, 2.75) is 19.4 Å². The molecule has 7 nitrogen and oxygen atoms in total. The van der Waals surface area contributed by atoms with Crippen LogP contribution in [0.1, 0.15) is 18.5 Å². The van der Waals surface area contributed by atoms with E-state index in [0.29, 0.717) is 0 Å². The summed E-state index contributed by atoms with van der Waals surface area (Å²) in [5, 5.41) is 0. The van der Waals surface area contributed by atoms with E-state index in [1.54, 1.807) is 18.7 Å². The minimum Gasteiger partial charge on any atom is -0.356 e. The van der Waals surface area contributed by atoms with Gasteiger partial charge in [-0.3, -0.25) is 14.9 Å². The van der Waals surface area contributed by atoms with Gasteiger partial charge in [0.25, 0.3) is 0 Å². The van der Waals surface area contributed by atoms with Crippen LogP contribution in [0.5, 0.6) is 0 Å². The topological polar surface area (TPSA) is 61.3 Å². The zero-order valence-corrected chi connectivity index (χ0v) is 13.9. The Bertz CT molecular complexity index is 649. The Labute approximate surface area is 142 Å². The lowest BCUT2D eigenvalue weighted by Crippen LogP contribution is -2.46. The molecule has 0 spiro atoms. The maximum atomic E-state index is 4.49. The highest BCUT2D eigenvalue weighted by atomic mass is 15.3. The first-order valence-electron chi connectivity index (χ1n) is 8.68. The minimum absolute atomic E-state index is 0.866. The summed E-state index contributed by atoms with van der Waals surface area (Å²) in [4.78, 5) is 24.6. The molecule has 126 valence electrons. The van der Waals surface area contributed by atoms with Crippen LogP contribution >= 0.6 is 0 Å². The largest absolute Gasteiger partial charge is 0.356 e. The van der Waals surface area contributed by atoms with E-state index in [1.807, 2.05) is 6.20 Å². The summed E-state index contributed by atoms with van der Waals surface area (Å²) < 4.78 is 0. The van der Waals surface area contributed by atoms with Gasteiger partial charge in [0, 0.05) is 70.5 Å². The van der Waals surface area contributed by atoms with E-state index in [1.165, 1.54) is 12.8 Å². The average Bonchev–Trinajstić information content (AvgIpc) is 3.18. The molecule has 0 saturated carbocycles. The third-order valence-electron chi connectivity index (χ3n) is 4.77. The van der Waals surface area contributed by atoms with Crippen LogP contribution in [0.25, 0.3) is 0 Å². The molecule has 2 aromatic heterocycles. The first kappa shape index (κ1) is 15.3. The highest BCUT2D eigenvalue weighted by Crippen LogP contribution is 2.22. The van der Waals surface area contributed by atoms with E-state index in [4.69, 9.17) is 0 Å². The van der Waals surface area contributed by atoms with Crippen molar-refractivity contribution in [2.24, 2.45) is 0 Å². The molecule has 0 atom stereocenters. The molecular formula is C17H23N7. The molecule has 0 radical (unpaired) electrons. The van der Waals surface area contributed by atoms with E-state index in [2.05, 4.69) is 40.7 Å². The fourth-order valence-electron chi connectivity index (χ4n) is 3.41. The predicted molar refractivity (Wildman–Crippen MR) is 93.0 cm³/mol. The van der Waals surface area contributed by atoms with Crippen molar-refractivity contribution in [2.75, 3.05) is 49.1 Å². The van der Waals surface area contributed by atoms with Gasteiger partial charge in [-0.15, -0.1) is 0 Å². The van der Waals surface area contributed by atoms with Gasteiger partial charge >= 0.3 is 0 Å².